The van der Waals surface area contributed by atoms with Gasteiger partial charge in [0, 0.05) is 0 Å². The minimum Gasteiger partial charge on any atom is -0.390 e. The van der Waals surface area contributed by atoms with E-state index in [9.17, 15) is 5.11 Å². The Morgan fingerprint density at radius 1 is 1.27 bits per heavy atom. The van der Waals surface area contributed by atoms with Crippen LogP contribution in [0.1, 0.15) is 105 Å². The van der Waals surface area contributed by atoms with E-state index >= 15 is 0 Å². The van der Waals surface area contributed by atoms with Crippen LogP contribution in [0.2, 0.25) is 0 Å². The first-order valence-electron chi connectivity index (χ1n) is 13.4. The van der Waals surface area contributed by atoms with Crippen LogP contribution in [0.25, 0.3) is 0 Å². The molecule has 5 atom stereocenters. The van der Waals surface area contributed by atoms with Gasteiger partial charge in [0.05, 0.1) is 30.8 Å². The number of nitrogens with zero attached hydrogens (tertiary/aromatic N) is 1. The van der Waals surface area contributed by atoms with Crippen molar-refractivity contribution >= 4 is 0 Å². The van der Waals surface area contributed by atoms with Crippen LogP contribution in [0.4, 0.5) is 0 Å². The van der Waals surface area contributed by atoms with Gasteiger partial charge in [0.1, 0.15) is 0 Å². The van der Waals surface area contributed by atoms with E-state index in [2.05, 4.69) is 38.6 Å². The van der Waals surface area contributed by atoms with Crippen LogP contribution < -0.4 is 0 Å². The van der Waals surface area contributed by atoms with Crippen LogP contribution in [0.3, 0.4) is 0 Å². The summed E-state index contributed by atoms with van der Waals surface area (Å²) < 4.78 is 5.93. The first-order chi connectivity index (χ1) is 15.6. The fraction of sp³-hybridized carbons (Fsp3) is 0.767. The van der Waals surface area contributed by atoms with Crippen molar-refractivity contribution in [2.75, 3.05) is 6.61 Å². The van der Waals surface area contributed by atoms with Gasteiger partial charge < -0.3 is 9.84 Å². The van der Waals surface area contributed by atoms with Gasteiger partial charge in [-0.15, -0.1) is 0 Å². The summed E-state index contributed by atoms with van der Waals surface area (Å²) in [5, 5.41) is 18.9. The molecule has 3 saturated carbocycles. The predicted octanol–water partition coefficient (Wildman–Crippen LogP) is 7.67. The highest BCUT2D eigenvalue weighted by Crippen LogP contribution is 2.60. The van der Waals surface area contributed by atoms with E-state index in [4.69, 9.17) is 10.00 Å². The quantitative estimate of drug-likeness (QED) is 0.364. The summed E-state index contributed by atoms with van der Waals surface area (Å²) in [7, 11) is 0. The van der Waals surface area contributed by atoms with Gasteiger partial charge in [-0.2, -0.15) is 5.26 Å². The molecule has 0 saturated heterocycles. The van der Waals surface area contributed by atoms with Crippen molar-refractivity contribution in [2.45, 2.75) is 116 Å². The van der Waals surface area contributed by atoms with Gasteiger partial charge >= 0.3 is 0 Å². The summed E-state index contributed by atoms with van der Waals surface area (Å²) >= 11 is 0. The van der Waals surface area contributed by atoms with Crippen LogP contribution in [0, 0.1) is 34.5 Å². The summed E-state index contributed by atoms with van der Waals surface area (Å²) in [5.74, 6) is 2.23. The SMILES string of the molecule is C=C1CC[C@H](OCCC#N)CC1=CC=C1CCC[C@@]2(C)C1CC[C@@H]2[C@H](C)CCCC(C)(C)O. The van der Waals surface area contributed by atoms with Crippen molar-refractivity contribution in [1.82, 2.24) is 0 Å². The van der Waals surface area contributed by atoms with Crippen molar-refractivity contribution < 1.29 is 9.84 Å². The molecule has 184 valence electrons. The van der Waals surface area contributed by atoms with E-state index in [1.807, 2.05) is 13.8 Å². The fourth-order valence-electron chi connectivity index (χ4n) is 7.07. The average Bonchev–Trinajstić information content (AvgIpc) is 3.10. The topological polar surface area (TPSA) is 53.2 Å². The molecule has 3 rings (SSSR count). The highest BCUT2D eigenvalue weighted by Gasteiger charge is 2.50. The Hall–Kier alpha value is -1.37. The maximum Gasteiger partial charge on any atom is 0.0645 e. The Morgan fingerprint density at radius 2 is 2.06 bits per heavy atom. The third kappa shape index (κ3) is 6.83. The Morgan fingerprint density at radius 3 is 2.79 bits per heavy atom. The van der Waals surface area contributed by atoms with Gasteiger partial charge in [-0.1, -0.05) is 56.6 Å². The lowest BCUT2D eigenvalue weighted by Crippen LogP contribution is -2.36. The molecular weight excluding hydrogens is 406 g/mol. The molecule has 1 N–H and O–H groups in total. The van der Waals surface area contributed by atoms with E-state index in [0.717, 1.165) is 43.9 Å². The molecule has 0 bridgehead atoms. The zero-order chi connectivity index (χ0) is 24.1. The molecule has 0 radical (unpaired) electrons. The van der Waals surface area contributed by atoms with Crippen molar-refractivity contribution in [3.63, 3.8) is 0 Å². The third-order valence-corrected chi connectivity index (χ3v) is 8.91. The molecule has 3 aliphatic carbocycles. The molecule has 0 aromatic heterocycles. The van der Waals surface area contributed by atoms with E-state index in [0.29, 0.717) is 24.4 Å². The van der Waals surface area contributed by atoms with E-state index in [1.54, 1.807) is 5.57 Å². The van der Waals surface area contributed by atoms with Crippen LogP contribution in [0.5, 0.6) is 0 Å². The molecule has 0 aliphatic heterocycles. The van der Waals surface area contributed by atoms with Crippen LogP contribution in [-0.2, 0) is 4.74 Å². The Kier molecular flexibility index (Phi) is 9.04. The van der Waals surface area contributed by atoms with Crippen molar-refractivity contribution in [2.24, 2.45) is 23.2 Å². The zero-order valence-corrected chi connectivity index (χ0v) is 21.7. The first kappa shape index (κ1) is 26.2. The Bertz CT molecular complexity index is 780. The molecule has 0 amide bonds. The molecule has 3 nitrogen and oxygen atoms in total. The third-order valence-electron chi connectivity index (χ3n) is 8.91. The number of rotatable bonds is 9. The largest absolute Gasteiger partial charge is 0.390 e. The minimum absolute atomic E-state index is 0.228. The molecule has 3 heteroatoms. The minimum atomic E-state index is -0.543. The molecule has 0 spiro atoms. The molecular formula is C30H47NO2. The lowest BCUT2D eigenvalue weighted by Gasteiger charge is -2.44. The number of aliphatic hydroxyl groups is 1. The maximum absolute atomic E-state index is 10.1. The highest BCUT2D eigenvalue weighted by molar-refractivity contribution is 5.36. The maximum atomic E-state index is 10.1. The Balaban J connectivity index is 1.65. The van der Waals surface area contributed by atoms with Crippen molar-refractivity contribution in [3.05, 3.63) is 35.5 Å². The summed E-state index contributed by atoms with van der Waals surface area (Å²) in [6.45, 7) is 13.8. The molecule has 1 unspecified atom stereocenters. The number of allylic oxidation sites excluding steroid dienone is 4. The van der Waals surface area contributed by atoms with Gasteiger partial charge in [-0.05, 0) is 100 Å². The number of hydrogen-bond donors (Lipinski definition) is 1. The van der Waals surface area contributed by atoms with Gasteiger partial charge in [0.2, 0.25) is 0 Å². The van der Waals surface area contributed by atoms with Gasteiger partial charge in [0.15, 0.2) is 0 Å². The second-order valence-corrected chi connectivity index (χ2v) is 12.0. The summed E-state index contributed by atoms with van der Waals surface area (Å²) in [6.07, 6.45) is 18.3. The summed E-state index contributed by atoms with van der Waals surface area (Å²) in [6, 6.07) is 2.17. The number of nitriles is 1. The normalized spacial score (nSPS) is 33.8. The fourth-order valence-corrected chi connectivity index (χ4v) is 7.07. The Labute approximate surface area is 203 Å². The highest BCUT2D eigenvalue weighted by atomic mass is 16.5. The van der Waals surface area contributed by atoms with E-state index < -0.39 is 5.60 Å². The zero-order valence-electron chi connectivity index (χ0n) is 21.7. The number of ether oxygens (including phenoxy) is 1. The van der Waals surface area contributed by atoms with Gasteiger partial charge in [-0.25, -0.2) is 0 Å². The predicted molar refractivity (Wildman–Crippen MR) is 137 cm³/mol. The molecule has 0 aromatic carbocycles. The smallest absolute Gasteiger partial charge is 0.0645 e. The second kappa shape index (κ2) is 11.4. The van der Waals surface area contributed by atoms with E-state index in [-0.39, 0.29) is 6.10 Å². The molecule has 0 aromatic rings. The van der Waals surface area contributed by atoms with Gasteiger partial charge in [0.25, 0.3) is 0 Å². The monoisotopic (exact) mass is 453 g/mol. The molecule has 3 aliphatic rings. The van der Waals surface area contributed by atoms with Crippen LogP contribution in [-0.4, -0.2) is 23.4 Å². The number of hydrogen-bond acceptors (Lipinski definition) is 3. The lowest BCUT2D eigenvalue weighted by molar-refractivity contribution is 0.0478. The summed E-state index contributed by atoms with van der Waals surface area (Å²) in [4.78, 5) is 0. The average molecular weight is 454 g/mol. The van der Waals surface area contributed by atoms with Crippen LogP contribution >= 0.6 is 0 Å². The lowest BCUT2D eigenvalue weighted by atomic mass is 9.60. The first-order valence-corrected chi connectivity index (χ1v) is 13.4. The van der Waals surface area contributed by atoms with Crippen LogP contribution in [0.15, 0.2) is 35.5 Å². The summed E-state index contributed by atoms with van der Waals surface area (Å²) in [5.41, 5.74) is 4.14. The molecule has 3 fully saturated rings. The van der Waals surface area contributed by atoms with Crippen molar-refractivity contribution in [1.29, 1.82) is 5.26 Å². The number of fused-ring (bicyclic) bond motifs is 1. The van der Waals surface area contributed by atoms with E-state index in [1.165, 1.54) is 49.7 Å². The standard InChI is InChI=1S/C30H47NO2/c1-22-11-14-26(33-20-8-19-31)21-25(22)13-12-24-10-7-18-30(5)27(15-16-28(24)30)23(2)9-6-17-29(3,4)32/h12-13,23,26-28,32H,1,6-11,14-18,20-21H2,2-5H3/t23-,26+,27-,28?,30-/m1/s1. The molecule has 33 heavy (non-hydrogen) atoms. The second-order valence-electron chi connectivity index (χ2n) is 12.0. The molecule has 0 heterocycles. The van der Waals surface area contributed by atoms with Gasteiger partial charge in [-0.3, -0.25) is 0 Å². The van der Waals surface area contributed by atoms with Crippen molar-refractivity contribution in [3.8, 4) is 6.07 Å².